The molecular weight excluding hydrogens is 323 g/mol. The van der Waals surface area contributed by atoms with Gasteiger partial charge in [0.05, 0.1) is 17.6 Å². The van der Waals surface area contributed by atoms with E-state index in [2.05, 4.69) is 15.6 Å². The average molecular weight is 348 g/mol. The van der Waals surface area contributed by atoms with Crippen molar-refractivity contribution in [3.8, 4) is 5.69 Å². The predicted molar refractivity (Wildman–Crippen MR) is 94.1 cm³/mol. The zero-order chi connectivity index (χ0) is 18.4. The third-order valence-corrected chi connectivity index (χ3v) is 3.98. The molecule has 25 heavy (non-hydrogen) atoms. The first-order chi connectivity index (χ1) is 11.8. The minimum Gasteiger partial charge on any atom is -0.379 e. The highest BCUT2D eigenvalue weighted by Crippen LogP contribution is 2.16. The van der Waals surface area contributed by atoms with E-state index >= 15 is 0 Å². The lowest BCUT2D eigenvalue weighted by molar-refractivity contribution is 0.00950. The van der Waals surface area contributed by atoms with Gasteiger partial charge in [-0.15, -0.1) is 0 Å². The highest BCUT2D eigenvalue weighted by molar-refractivity contribution is 5.74. The number of carbonyl (C=O) groups is 1. The van der Waals surface area contributed by atoms with Gasteiger partial charge in [0.2, 0.25) is 0 Å². The van der Waals surface area contributed by atoms with E-state index in [0.29, 0.717) is 17.7 Å². The van der Waals surface area contributed by atoms with Crippen molar-refractivity contribution in [1.29, 1.82) is 0 Å². The normalized spacial score (nSPS) is 12.7. The minimum atomic E-state index is -0.368. The van der Waals surface area contributed by atoms with E-state index < -0.39 is 0 Å². The van der Waals surface area contributed by atoms with Crippen LogP contribution in [0.1, 0.15) is 32.8 Å². The second-order valence-corrected chi connectivity index (χ2v) is 6.65. The summed E-state index contributed by atoms with van der Waals surface area (Å²) in [5.41, 5.74) is 0.793. The van der Waals surface area contributed by atoms with Crippen LogP contribution in [-0.4, -0.2) is 34.3 Å². The molecule has 136 valence electrons. The monoisotopic (exact) mass is 348 g/mol. The number of hydrogen-bond donors (Lipinski definition) is 2. The highest BCUT2D eigenvalue weighted by atomic mass is 19.1. The van der Waals surface area contributed by atoms with Crippen LogP contribution in [0.2, 0.25) is 0 Å². The molecule has 2 amide bonds. The Kier molecular flexibility index (Phi) is 6.14. The molecule has 7 heteroatoms. The van der Waals surface area contributed by atoms with E-state index in [-0.39, 0.29) is 30.0 Å². The maximum Gasteiger partial charge on any atom is 0.315 e. The van der Waals surface area contributed by atoms with Crippen molar-refractivity contribution in [1.82, 2.24) is 20.2 Å². The lowest BCUT2D eigenvalue weighted by Crippen LogP contribution is -2.43. The molecule has 0 aliphatic rings. The highest BCUT2D eigenvalue weighted by Gasteiger charge is 2.21. The molecule has 2 rings (SSSR count). The van der Waals surface area contributed by atoms with Gasteiger partial charge in [0, 0.05) is 32.1 Å². The molecule has 0 aliphatic carbocycles. The van der Waals surface area contributed by atoms with Gasteiger partial charge in [0.25, 0.3) is 0 Å². The van der Waals surface area contributed by atoms with E-state index in [9.17, 15) is 9.18 Å². The van der Waals surface area contributed by atoms with Gasteiger partial charge < -0.3 is 19.9 Å². The van der Waals surface area contributed by atoms with Crippen molar-refractivity contribution in [2.24, 2.45) is 0 Å². The SMILES string of the molecule is COC(C)(C)CC(C)NC(=O)NCc1ccc(-n2ccnc2)c(F)c1. The van der Waals surface area contributed by atoms with Crippen molar-refractivity contribution in [2.75, 3.05) is 7.11 Å². The topological polar surface area (TPSA) is 68.2 Å². The van der Waals surface area contributed by atoms with E-state index in [4.69, 9.17) is 4.74 Å². The fraction of sp³-hybridized carbons (Fsp3) is 0.444. The molecule has 1 heterocycles. The molecule has 1 aromatic heterocycles. The zero-order valence-corrected chi connectivity index (χ0v) is 15.0. The van der Waals surface area contributed by atoms with Gasteiger partial charge in [-0.3, -0.25) is 0 Å². The Balaban J connectivity index is 1.87. The molecule has 1 atom stereocenters. The number of nitrogens with one attached hydrogen (secondary N) is 2. The van der Waals surface area contributed by atoms with Gasteiger partial charge in [-0.2, -0.15) is 0 Å². The van der Waals surface area contributed by atoms with E-state index in [1.54, 1.807) is 36.2 Å². The van der Waals surface area contributed by atoms with Gasteiger partial charge in [0.15, 0.2) is 0 Å². The summed E-state index contributed by atoms with van der Waals surface area (Å²) in [5, 5.41) is 5.59. The number of ether oxygens (including phenoxy) is 1. The maximum atomic E-state index is 14.2. The molecule has 0 saturated heterocycles. The number of rotatable bonds is 7. The summed E-state index contributed by atoms with van der Waals surface area (Å²) < 4.78 is 21.1. The number of imidazole rings is 1. The van der Waals surface area contributed by atoms with Gasteiger partial charge in [-0.1, -0.05) is 6.07 Å². The van der Waals surface area contributed by atoms with Crippen LogP contribution >= 0.6 is 0 Å². The minimum absolute atomic E-state index is 0.0460. The molecule has 0 fully saturated rings. The fourth-order valence-electron chi connectivity index (χ4n) is 2.60. The zero-order valence-electron chi connectivity index (χ0n) is 15.0. The Morgan fingerprint density at radius 2 is 2.20 bits per heavy atom. The molecule has 2 aromatic rings. The smallest absolute Gasteiger partial charge is 0.315 e. The largest absolute Gasteiger partial charge is 0.379 e. The molecule has 0 bridgehead atoms. The van der Waals surface area contributed by atoms with Crippen LogP contribution in [0, 0.1) is 5.82 Å². The third kappa shape index (κ3) is 5.56. The summed E-state index contributed by atoms with van der Waals surface area (Å²) >= 11 is 0. The van der Waals surface area contributed by atoms with Gasteiger partial charge in [-0.25, -0.2) is 14.2 Å². The van der Waals surface area contributed by atoms with Crippen molar-refractivity contribution in [3.63, 3.8) is 0 Å². The van der Waals surface area contributed by atoms with Crippen molar-refractivity contribution < 1.29 is 13.9 Å². The molecule has 0 spiro atoms. The molecule has 1 unspecified atom stereocenters. The maximum absolute atomic E-state index is 14.2. The second-order valence-electron chi connectivity index (χ2n) is 6.65. The first kappa shape index (κ1) is 18.9. The van der Waals surface area contributed by atoms with Crippen LogP contribution in [-0.2, 0) is 11.3 Å². The van der Waals surface area contributed by atoms with Gasteiger partial charge in [0.1, 0.15) is 5.82 Å². The van der Waals surface area contributed by atoms with Crippen LogP contribution in [0.25, 0.3) is 5.69 Å². The summed E-state index contributed by atoms with van der Waals surface area (Å²) in [4.78, 5) is 15.9. The summed E-state index contributed by atoms with van der Waals surface area (Å²) in [5.74, 6) is -0.368. The molecule has 0 saturated carbocycles. The Labute approximate surface area is 147 Å². The van der Waals surface area contributed by atoms with Crippen molar-refractivity contribution in [2.45, 2.75) is 45.4 Å². The van der Waals surface area contributed by atoms with E-state index in [1.165, 1.54) is 12.4 Å². The van der Waals surface area contributed by atoms with Gasteiger partial charge >= 0.3 is 6.03 Å². The summed E-state index contributed by atoms with van der Waals surface area (Å²) in [6.07, 6.45) is 5.48. The first-order valence-electron chi connectivity index (χ1n) is 8.17. The van der Waals surface area contributed by atoms with Crippen LogP contribution in [0.5, 0.6) is 0 Å². The Bertz CT molecular complexity index is 701. The van der Waals surface area contributed by atoms with E-state index in [1.807, 2.05) is 20.8 Å². The lowest BCUT2D eigenvalue weighted by atomic mass is 10.00. The van der Waals surface area contributed by atoms with Crippen molar-refractivity contribution >= 4 is 6.03 Å². The first-order valence-corrected chi connectivity index (χ1v) is 8.17. The number of carbonyl (C=O) groups excluding carboxylic acids is 1. The standard InChI is InChI=1S/C18H25FN4O2/c1-13(10-18(2,3)25-4)22-17(24)21-11-14-5-6-16(15(19)9-14)23-8-7-20-12-23/h5-9,12-13H,10-11H2,1-4H3,(H2,21,22,24). The van der Waals surface area contributed by atoms with E-state index in [0.717, 1.165) is 0 Å². The molecule has 0 aliphatic heterocycles. The fourth-order valence-corrected chi connectivity index (χ4v) is 2.60. The molecule has 2 N–H and O–H groups in total. The average Bonchev–Trinajstić information content (AvgIpc) is 3.06. The number of halogens is 1. The Morgan fingerprint density at radius 1 is 1.44 bits per heavy atom. The molecule has 1 aromatic carbocycles. The van der Waals surface area contributed by atoms with Crippen molar-refractivity contribution in [3.05, 3.63) is 48.3 Å². The lowest BCUT2D eigenvalue weighted by Gasteiger charge is -2.27. The van der Waals surface area contributed by atoms with Crippen LogP contribution in [0.4, 0.5) is 9.18 Å². The number of amides is 2. The Morgan fingerprint density at radius 3 is 2.80 bits per heavy atom. The van der Waals surface area contributed by atoms with Gasteiger partial charge in [-0.05, 0) is 44.9 Å². The number of aromatic nitrogens is 2. The molecule has 6 nitrogen and oxygen atoms in total. The number of nitrogens with zero attached hydrogens (tertiary/aromatic N) is 2. The number of urea groups is 1. The number of benzene rings is 1. The summed E-state index contributed by atoms with van der Waals surface area (Å²) in [6, 6.07) is 4.51. The predicted octanol–water partition coefficient (Wildman–Crippen LogP) is 3.01. The Hall–Kier alpha value is -2.41. The van der Waals surface area contributed by atoms with Crippen LogP contribution in [0.15, 0.2) is 36.9 Å². The summed E-state index contributed by atoms with van der Waals surface area (Å²) in [6.45, 7) is 6.09. The van der Waals surface area contributed by atoms with Crippen LogP contribution < -0.4 is 10.6 Å². The quantitative estimate of drug-likeness (QED) is 0.808. The summed E-state index contributed by atoms with van der Waals surface area (Å²) in [7, 11) is 1.65. The third-order valence-electron chi connectivity index (χ3n) is 3.98. The molecular formula is C18H25FN4O2. The molecule has 0 radical (unpaired) electrons. The van der Waals surface area contributed by atoms with Crippen LogP contribution in [0.3, 0.4) is 0 Å². The second kappa shape index (κ2) is 8.11. The number of methoxy groups -OCH3 is 1. The number of hydrogen-bond acceptors (Lipinski definition) is 3.